The van der Waals surface area contributed by atoms with Gasteiger partial charge < -0.3 is 10.1 Å². The molecule has 16 heavy (non-hydrogen) atoms. The summed E-state index contributed by atoms with van der Waals surface area (Å²) in [5, 5.41) is 3.39. The molecule has 0 amide bonds. The first-order valence-corrected chi connectivity index (χ1v) is 5.85. The number of hydrogen-bond acceptors (Lipinski definition) is 4. The minimum absolute atomic E-state index is 0.289. The molecule has 2 rings (SSSR count). The van der Waals surface area contributed by atoms with Crippen molar-refractivity contribution >= 4 is 5.82 Å². The lowest BCUT2D eigenvalue weighted by Gasteiger charge is -2.21. The number of anilines is 1. The van der Waals surface area contributed by atoms with Crippen molar-refractivity contribution in [3.05, 3.63) is 17.6 Å². The standard InChI is InChI=1S/C12H19N3O/c1-8-7-13-10(3)12(14-8)15-9(2)11-5-4-6-16-11/h7,9,11H,4-6H2,1-3H3,(H,14,15). The second-order valence-electron chi connectivity index (χ2n) is 4.43. The largest absolute Gasteiger partial charge is 0.376 e. The molecule has 0 radical (unpaired) electrons. The lowest BCUT2D eigenvalue weighted by atomic mass is 10.1. The summed E-state index contributed by atoms with van der Waals surface area (Å²) in [5.74, 6) is 0.878. The molecule has 4 heteroatoms. The third-order valence-corrected chi connectivity index (χ3v) is 2.96. The molecule has 0 aliphatic carbocycles. The Bertz CT molecular complexity index is 361. The van der Waals surface area contributed by atoms with Crippen molar-refractivity contribution in [3.63, 3.8) is 0 Å². The maximum Gasteiger partial charge on any atom is 0.148 e. The van der Waals surface area contributed by atoms with Crippen LogP contribution in [0.5, 0.6) is 0 Å². The maximum absolute atomic E-state index is 5.65. The van der Waals surface area contributed by atoms with Crippen LogP contribution in [0, 0.1) is 13.8 Å². The van der Waals surface area contributed by atoms with E-state index in [0.717, 1.165) is 36.7 Å². The van der Waals surface area contributed by atoms with Crippen LogP contribution in [0.1, 0.15) is 31.2 Å². The van der Waals surface area contributed by atoms with Crippen LogP contribution < -0.4 is 5.32 Å². The normalized spacial score (nSPS) is 22.1. The predicted octanol–water partition coefficient (Wildman–Crippen LogP) is 2.07. The fourth-order valence-electron chi connectivity index (χ4n) is 1.98. The highest BCUT2D eigenvalue weighted by Crippen LogP contribution is 2.19. The third kappa shape index (κ3) is 2.50. The second kappa shape index (κ2) is 4.78. The molecule has 2 unspecified atom stereocenters. The first-order valence-electron chi connectivity index (χ1n) is 5.85. The van der Waals surface area contributed by atoms with E-state index in [9.17, 15) is 0 Å². The summed E-state index contributed by atoms with van der Waals surface area (Å²) in [6, 6.07) is 0.289. The van der Waals surface area contributed by atoms with E-state index in [-0.39, 0.29) is 6.04 Å². The minimum Gasteiger partial charge on any atom is -0.376 e. The summed E-state index contributed by atoms with van der Waals surface area (Å²) in [4.78, 5) is 8.75. The molecule has 0 bridgehead atoms. The van der Waals surface area contributed by atoms with Crippen LogP contribution in [-0.4, -0.2) is 28.7 Å². The lowest BCUT2D eigenvalue weighted by Crippen LogP contribution is -2.30. The van der Waals surface area contributed by atoms with Crippen molar-refractivity contribution in [2.24, 2.45) is 0 Å². The van der Waals surface area contributed by atoms with Gasteiger partial charge in [-0.25, -0.2) is 4.98 Å². The molecule has 0 saturated carbocycles. The highest BCUT2D eigenvalue weighted by Gasteiger charge is 2.22. The number of ether oxygens (including phenoxy) is 1. The van der Waals surface area contributed by atoms with Crippen LogP contribution in [-0.2, 0) is 4.74 Å². The molecule has 1 N–H and O–H groups in total. The molecule has 1 fully saturated rings. The van der Waals surface area contributed by atoms with Gasteiger partial charge in [-0.3, -0.25) is 4.98 Å². The van der Waals surface area contributed by atoms with Crippen molar-refractivity contribution in [1.29, 1.82) is 0 Å². The van der Waals surface area contributed by atoms with E-state index >= 15 is 0 Å². The number of aromatic nitrogens is 2. The Balaban J connectivity index is 2.04. The number of rotatable bonds is 3. The van der Waals surface area contributed by atoms with Gasteiger partial charge in [-0.2, -0.15) is 0 Å². The first-order chi connectivity index (χ1) is 7.66. The molecule has 1 aliphatic rings. The average Bonchev–Trinajstić information content (AvgIpc) is 2.76. The highest BCUT2D eigenvalue weighted by atomic mass is 16.5. The van der Waals surface area contributed by atoms with E-state index in [2.05, 4.69) is 22.2 Å². The van der Waals surface area contributed by atoms with Gasteiger partial charge in [0.15, 0.2) is 0 Å². The van der Waals surface area contributed by atoms with Gasteiger partial charge in [-0.1, -0.05) is 0 Å². The molecular formula is C12H19N3O. The topological polar surface area (TPSA) is 47.0 Å². The molecule has 88 valence electrons. The molecule has 0 spiro atoms. The molecule has 1 aromatic rings. The summed E-state index contributed by atoms with van der Waals surface area (Å²) in [6.45, 7) is 6.94. The van der Waals surface area contributed by atoms with Crippen molar-refractivity contribution in [3.8, 4) is 0 Å². The SMILES string of the molecule is Cc1cnc(C)c(NC(C)C2CCCO2)n1. The van der Waals surface area contributed by atoms with Crippen LogP contribution in [0.2, 0.25) is 0 Å². The van der Waals surface area contributed by atoms with Gasteiger partial charge in [-0.05, 0) is 33.6 Å². The molecule has 1 aliphatic heterocycles. The van der Waals surface area contributed by atoms with E-state index < -0.39 is 0 Å². The zero-order chi connectivity index (χ0) is 11.5. The van der Waals surface area contributed by atoms with E-state index in [1.165, 1.54) is 0 Å². The van der Waals surface area contributed by atoms with Crippen LogP contribution in [0.15, 0.2) is 6.20 Å². The molecular weight excluding hydrogens is 202 g/mol. The van der Waals surface area contributed by atoms with Crippen LogP contribution in [0.3, 0.4) is 0 Å². The summed E-state index contributed by atoms with van der Waals surface area (Å²) >= 11 is 0. The van der Waals surface area contributed by atoms with Gasteiger partial charge in [0.1, 0.15) is 5.82 Å². The highest BCUT2D eigenvalue weighted by molar-refractivity contribution is 5.40. The van der Waals surface area contributed by atoms with E-state index in [1.54, 1.807) is 6.20 Å². The molecule has 4 nitrogen and oxygen atoms in total. The monoisotopic (exact) mass is 221 g/mol. The van der Waals surface area contributed by atoms with Gasteiger partial charge in [0.25, 0.3) is 0 Å². The Kier molecular flexibility index (Phi) is 3.39. The quantitative estimate of drug-likeness (QED) is 0.848. The fourth-order valence-corrected chi connectivity index (χ4v) is 1.98. The van der Waals surface area contributed by atoms with Crippen LogP contribution >= 0.6 is 0 Å². The fraction of sp³-hybridized carbons (Fsp3) is 0.667. The number of aryl methyl sites for hydroxylation is 2. The van der Waals surface area contributed by atoms with Crippen molar-refractivity contribution in [1.82, 2.24) is 9.97 Å². The Hall–Kier alpha value is -1.16. The molecule has 1 aromatic heterocycles. The number of hydrogen-bond donors (Lipinski definition) is 1. The predicted molar refractivity (Wildman–Crippen MR) is 63.6 cm³/mol. The third-order valence-electron chi connectivity index (χ3n) is 2.96. The smallest absolute Gasteiger partial charge is 0.148 e. The number of nitrogens with one attached hydrogen (secondary N) is 1. The zero-order valence-electron chi connectivity index (χ0n) is 10.2. The van der Waals surface area contributed by atoms with E-state index in [0.29, 0.717) is 6.10 Å². The zero-order valence-corrected chi connectivity index (χ0v) is 10.2. The van der Waals surface area contributed by atoms with E-state index in [1.807, 2.05) is 13.8 Å². The Morgan fingerprint density at radius 3 is 3.00 bits per heavy atom. The van der Waals surface area contributed by atoms with Crippen molar-refractivity contribution in [2.75, 3.05) is 11.9 Å². The lowest BCUT2D eigenvalue weighted by molar-refractivity contribution is 0.0995. The minimum atomic E-state index is 0.289. The van der Waals surface area contributed by atoms with Gasteiger partial charge in [0.2, 0.25) is 0 Å². The van der Waals surface area contributed by atoms with Crippen molar-refractivity contribution in [2.45, 2.75) is 45.8 Å². The maximum atomic E-state index is 5.65. The van der Waals surface area contributed by atoms with Gasteiger partial charge in [0.05, 0.1) is 23.5 Å². The molecule has 1 saturated heterocycles. The number of nitrogens with zero attached hydrogens (tertiary/aromatic N) is 2. The Labute approximate surface area is 96.4 Å². The first kappa shape index (κ1) is 11.3. The Morgan fingerprint density at radius 2 is 2.31 bits per heavy atom. The summed E-state index contributed by atoms with van der Waals surface area (Å²) in [7, 11) is 0. The summed E-state index contributed by atoms with van der Waals surface area (Å²) in [5.41, 5.74) is 1.88. The summed E-state index contributed by atoms with van der Waals surface area (Å²) < 4.78 is 5.65. The second-order valence-corrected chi connectivity index (χ2v) is 4.43. The average molecular weight is 221 g/mol. The summed E-state index contributed by atoms with van der Waals surface area (Å²) in [6.07, 6.45) is 4.39. The van der Waals surface area contributed by atoms with E-state index in [4.69, 9.17) is 4.74 Å². The van der Waals surface area contributed by atoms with Gasteiger partial charge in [0, 0.05) is 12.8 Å². The molecule has 2 heterocycles. The van der Waals surface area contributed by atoms with Gasteiger partial charge >= 0.3 is 0 Å². The van der Waals surface area contributed by atoms with Crippen LogP contribution in [0.25, 0.3) is 0 Å². The van der Waals surface area contributed by atoms with Crippen LogP contribution in [0.4, 0.5) is 5.82 Å². The van der Waals surface area contributed by atoms with Gasteiger partial charge in [-0.15, -0.1) is 0 Å². The Morgan fingerprint density at radius 1 is 1.50 bits per heavy atom. The molecule has 0 aromatic carbocycles. The molecule has 2 atom stereocenters. The van der Waals surface area contributed by atoms with Crippen molar-refractivity contribution < 1.29 is 4.74 Å².